The fraction of sp³-hybridized carbons (Fsp3) is 0.143. The fourth-order valence-electron chi connectivity index (χ4n) is 2.01. The van der Waals surface area contributed by atoms with E-state index in [2.05, 4.69) is 0 Å². The van der Waals surface area contributed by atoms with Crippen LogP contribution in [0.25, 0.3) is 0 Å². The largest absolute Gasteiger partial charge is 0.429 e. The highest BCUT2D eigenvalue weighted by atomic mass is 32.2. The number of fused-ring (bicyclic) bond motifs is 2. The van der Waals surface area contributed by atoms with E-state index in [9.17, 15) is 5.11 Å². The second-order valence-electron chi connectivity index (χ2n) is 4.26. The van der Waals surface area contributed by atoms with Crippen molar-refractivity contribution in [3.63, 3.8) is 0 Å². The van der Waals surface area contributed by atoms with E-state index in [1.165, 1.54) is 0 Å². The first kappa shape index (κ1) is 11.9. The molecule has 1 unspecified atom stereocenters. The molecule has 0 bridgehead atoms. The summed E-state index contributed by atoms with van der Waals surface area (Å²) < 4.78 is 21.6. The second-order valence-corrected chi connectivity index (χ2v) is 5.42. The zero-order valence-corrected chi connectivity index (χ0v) is 11.0. The van der Waals surface area contributed by atoms with Crippen molar-refractivity contribution in [2.75, 3.05) is 0 Å². The Morgan fingerprint density at radius 2 is 1.55 bits per heavy atom. The first-order valence-corrected chi connectivity index (χ1v) is 6.83. The van der Waals surface area contributed by atoms with Crippen LogP contribution in [0.2, 0.25) is 0 Å². The molecule has 2 aromatic rings. The van der Waals surface area contributed by atoms with Crippen LogP contribution < -0.4 is 14.2 Å². The molecule has 0 aromatic heterocycles. The van der Waals surface area contributed by atoms with Crippen molar-refractivity contribution < 1.29 is 24.1 Å². The summed E-state index contributed by atoms with van der Waals surface area (Å²) in [5.74, 6) is 1.71. The fourth-order valence-corrected chi connectivity index (χ4v) is 2.90. The van der Waals surface area contributed by atoms with Gasteiger partial charge in [-0.3, -0.25) is 0 Å². The van der Waals surface area contributed by atoms with Gasteiger partial charge in [0.25, 0.3) is 0 Å². The van der Waals surface area contributed by atoms with E-state index in [-0.39, 0.29) is 0 Å². The minimum atomic E-state index is -1.85. The van der Waals surface area contributed by atoms with E-state index >= 15 is 0 Å². The molecule has 0 aliphatic carbocycles. The van der Waals surface area contributed by atoms with Gasteiger partial charge in [0.15, 0.2) is 11.5 Å². The number of benzene rings is 2. The maximum absolute atomic E-state index is 10.3. The van der Waals surface area contributed by atoms with Crippen molar-refractivity contribution in [3.8, 4) is 17.2 Å². The van der Waals surface area contributed by atoms with Crippen LogP contribution >= 0.6 is 11.8 Å². The van der Waals surface area contributed by atoms with Crippen LogP contribution in [0, 0.1) is 0 Å². The Kier molecular flexibility index (Phi) is 2.56. The van der Waals surface area contributed by atoms with E-state index in [4.69, 9.17) is 18.9 Å². The topological polar surface area (TPSA) is 57.2 Å². The van der Waals surface area contributed by atoms with Gasteiger partial charge in [-0.15, -0.1) is 0 Å². The highest BCUT2D eigenvalue weighted by Crippen LogP contribution is 2.47. The average molecular weight is 290 g/mol. The molecule has 5 nitrogen and oxygen atoms in total. The van der Waals surface area contributed by atoms with Gasteiger partial charge < -0.3 is 19.3 Å². The number of aliphatic hydroxyl groups is 1. The summed E-state index contributed by atoms with van der Waals surface area (Å²) in [6.07, 6.45) is 0. The van der Waals surface area contributed by atoms with Crippen molar-refractivity contribution in [2.24, 2.45) is 0 Å². The second kappa shape index (κ2) is 4.31. The van der Waals surface area contributed by atoms with Gasteiger partial charge in [-0.1, -0.05) is 24.3 Å². The zero-order chi connectivity index (χ0) is 13.6. The molecule has 1 N–H and O–H groups in total. The van der Waals surface area contributed by atoms with E-state index in [0.717, 1.165) is 16.7 Å². The van der Waals surface area contributed by atoms with Gasteiger partial charge >= 0.3 is 11.8 Å². The summed E-state index contributed by atoms with van der Waals surface area (Å²) in [7, 11) is 0. The van der Waals surface area contributed by atoms with Crippen molar-refractivity contribution >= 4 is 11.8 Å². The quantitative estimate of drug-likeness (QED) is 0.858. The standard InChI is InChI=1S/C14H10O5S/c15-14(18-11-7-3-4-8-12(11)20-14)19-13-16-9-5-1-2-6-10(9)17-13/h1-8,13,15H. The molecule has 0 saturated carbocycles. The summed E-state index contributed by atoms with van der Waals surface area (Å²) in [4.78, 5) is 0.797. The summed E-state index contributed by atoms with van der Waals surface area (Å²) >= 11 is 1.06. The number of thioether (sulfide) groups is 1. The summed E-state index contributed by atoms with van der Waals surface area (Å²) in [6, 6.07) is 14.5. The van der Waals surface area contributed by atoms with Gasteiger partial charge in [0.2, 0.25) is 0 Å². The maximum Gasteiger partial charge on any atom is 0.390 e. The van der Waals surface area contributed by atoms with Gasteiger partial charge in [0, 0.05) is 0 Å². The Morgan fingerprint density at radius 3 is 2.20 bits per heavy atom. The number of ether oxygens (including phenoxy) is 4. The van der Waals surface area contributed by atoms with Crippen LogP contribution in [0.15, 0.2) is 53.4 Å². The predicted octanol–water partition coefficient (Wildman–Crippen LogP) is 2.55. The third-order valence-electron chi connectivity index (χ3n) is 2.87. The number of hydrogen-bond acceptors (Lipinski definition) is 6. The first-order chi connectivity index (χ1) is 9.72. The zero-order valence-electron chi connectivity index (χ0n) is 10.2. The van der Waals surface area contributed by atoms with Crippen molar-refractivity contribution in [3.05, 3.63) is 48.5 Å². The minimum absolute atomic E-state index is 0.565. The Morgan fingerprint density at radius 1 is 0.950 bits per heavy atom. The third-order valence-corrected chi connectivity index (χ3v) is 3.86. The first-order valence-electron chi connectivity index (χ1n) is 6.01. The normalized spacial score (nSPS) is 23.4. The van der Waals surface area contributed by atoms with E-state index in [1.54, 1.807) is 18.2 Å². The molecule has 2 aromatic carbocycles. The molecule has 2 heterocycles. The van der Waals surface area contributed by atoms with Crippen LogP contribution in [0.5, 0.6) is 17.2 Å². The lowest BCUT2D eigenvalue weighted by atomic mass is 10.3. The molecule has 20 heavy (non-hydrogen) atoms. The molecule has 4 rings (SSSR count). The third kappa shape index (κ3) is 1.98. The monoisotopic (exact) mass is 290 g/mol. The van der Waals surface area contributed by atoms with Crippen molar-refractivity contribution in [1.29, 1.82) is 0 Å². The smallest absolute Gasteiger partial charge is 0.390 e. The lowest BCUT2D eigenvalue weighted by Gasteiger charge is -2.23. The Labute approximate surface area is 119 Å². The Bertz CT molecular complexity index is 610. The van der Waals surface area contributed by atoms with E-state index in [1.807, 2.05) is 30.3 Å². The molecular formula is C14H10O5S. The van der Waals surface area contributed by atoms with Crippen LogP contribution in [0.4, 0.5) is 0 Å². The highest BCUT2D eigenvalue weighted by Gasteiger charge is 2.45. The van der Waals surface area contributed by atoms with Gasteiger partial charge in [-0.2, -0.15) is 0 Å². The highest BCUT2D eigenvalue weighted by molar-refractivity contribution is 8.00. The van der Waals surface area contributed by atoms with E-state index in [0.29, 0.717) is 17.2 Å². The molecule has 102 valence electrons. The maximum atomic E-state index is 10.3. The van der Waals surface area contributed by atoms with Crippen LogP contribution in [0.1, 0.15) is 0 Å². The van der Waals surface area contributed by atoms with Crippen molar-refractivity contribution in [1.82, 2.24) is 0 Å². The van der Waals surface area contributed by atoms with Crippen LogP contribution in [0.3, 0.4) is 0 Å². The van der Waals surface area contributed by atoms with Gasteiger partial charge in [0.1, 0.15) is 5.75 Å². The molecule has 0 amide bonds. The van der Waals surface area contributed by atoms with Gasteiger partial charge in [-0.25, -0.2) is 4.74 Å². The van der Waals surface area contributed by atoms with E-state index < -0.39 is 11.8 Å². The molecule has 0 spiro atoms. The Balaban J connectivity index is 1.49. The molecule has 2 aliphatic rings. The van der Waals surface area contributed by atoms with Crippen LogP contribution in [-0.4, -0.2) is 16.9 Å². The summed E-state index contributed by atoms with van der Waals surface area (Å²) in [5.41, 5.74) is 0. The molecule has 2 aliphatic heterocycles. The number of para-hydroxylation sites is 3. The summed E-state index contributed by atoms with van der Waals surface area (Å²) in [5, 5.41) is 8.46. The molecule has 6 heteroatoms. The lowest BCUT2D eigenvalue weighted by molar-refractivity contribution is -0.335. The molecule has 1 atom stereocenters. The summed E-state index contributed by atoms with van der Waals surface area (Å²) in [6.45, 7) is -1.04. The molecule has 0 fully saturated rings. The lowest BCUT2D eigenvalue weighted by Crippen LogP contribution is -2.39. The minimum Gasteiger partial charge on any atom is -0.429 e. The number of hydrogen-bond donors (Lipinski definition) is 1. The number of rotatable bonds is 2. The Hall–Kier alpha value is -1.89. The van der Waals surface area contributed by atoms with Gasteiger partial charge in [-0.05, 0) is 36.0 Å². The predicted molar refractivity (Wildman–Crippen MR) is 70.4 cm³/mol. The van der Waals surface area contributed by atoms with Crippen LogP contribution in [-0.2, 0) is 4.74 Å². The molecular weight excluding hydrogens is 280 g/mol. The van der Waals surface area contributed by atoms with Crippen molar-refractivity contribution in [2.45, 2.75) is 16.7 Å². The van der Waals surface area contributed by atoms with Gasteiger partial charge in [0.05, 0.1) is 4.90 Å². The SMILES string of the molecule is OC1(OC2Oc3ccccc3O2)Oc2ccccc2S1. The molecule has 0 saturated heterocycles. The average Bonchev–Trinajstić information content (AvgIpc) is 2.97. The molecule has 0 radical (unpaired) electrons.